The molecule has 4 rings (SSSR count). The molecule has 0 saturated heterocycles. The third kappa shape index (κ3) is 4.49. The largest absolute Gasteiger partial charge is 0.488 e. The highest BCUT2D eigenvalue weighted by Crippen LogP contribution is 2.36. The summed E-state index contributed by atoms with van der Waals surface area (Å²) in [6, 6.07) is 23.3. The van der Waals surface area contributed by atoms with E-state index in [1.165, 1.54) is 19.2 Å². The predicted molar refractivity (Wildman–Crippen MR) is 120 cm³/mol. The second kappa shape index (κ2) is 9.13. The van der Waals surface area contributed by atoms with Crippen LogP contribution in [-0.4, -0.2) is 23.0 Å². The molecule has 3 aromatic carbocycles. The number of nitrogens with zero attached hydrogens (tertiary/aromatic N) is 2. The number of pyridine rings is 1. The Balaban J connectivity index is 1.85. The number of nitro benzene ring substituents is 1. The van der Waals surface area contributed by atoms with Gasteiger partial charge in [-0.05, 0) is 23.8 Å². The molecule has 0 amide bonds. The van der Waals surface area contributed by atoms with Crippen LogP contribution in [0.3, 0.4) is 0 Å². The number of non-ortho nitro benzene ring substituents is 1. The zero-order chi connectivity index (χ0) is 22.5. The third-order valence-electron chi connectivity index (χ3n) is 4.75. The first kappa shape index (κ1) is 20.8. The number of nitro groups is 1. The first-order chi connectivity index (χ1) is 15.5. The zero-order valence-electron chi connectivity index (χ0n) is 17.1. The molecule has 1 heterocycles. The van der Waals surface area contributed by atoms with E-state index in [0.29, 0.717) is 16.8 Å². The Labute approximate surface area is 183 Å². The number of methoxy groups -OCH3 is 1. The number of hydrogen-bond acceptors (Lipinski definition) is 7. The number of nitrogens with one attached hydrogen (secondary N) is 1. The number of hydrogen-bond donors (Lipinski definition) is 1. The summed E-state index contributed by atoms with van der Waals surface area (Å²) in [5.41, 5.74) is 1.88. The molecule has 160 valence electrons. The molecule has 0 aliphatic carbocycles. The van der Waals surface area contributed by atoms with Crippen molar-refractivity contribution < 1.29 is 19.2 Å². The van der Waals surface area contributed by atoms with E-state index >= 15 is 0 Å². The van der Waals surface area contributed by atoms with Crippen molar-refractivity contribution in [1.82, 2.24) is 4.98 Å². The summed E-state index contributed by atoms with van der Waals surface area (Å²) in [7, 11) is 1.22. The molecule has 8 nitrogen and oxygen atoms in total. The summed E-state index contributed by atoms with van der Waals surface area (Å²) < 4.78 is 10.7. The number of aromatic nitrogens is 1. The Morgan fingerprint density at radius 3 is 2.34 bits per heavy atom. The summed E-state index contributed by atoms with van der Waals surface area (Å²) in [5.74, 6) is -0.420. The summed E-state index contributed by atoms with van der Waals surface area (Å²) >= 11 is 0. The van der Waals surface area contributed by atoms with Gasteiger partial charge in [0.05, 0.1) is 17.4 Å². The van der Waals surface area contributed by atoms with Crippen molar-refractivity contribution in [2.45, 2.75) is 6.61 Å². The number of rotatable bonds is 7. The van der Waals surface area contributed by atoms with Crippen molar-refractivity contribution in [1.29, 1.82) is 0 Å². The Morgan fingerprint density at radius 2 is 1.69 bits per heavy atom. The molecule has 8 heteroatoms. The summed E-state index contributed by atoms with van der Waals surface area (Å²) in [4.78, 5) is 27.7. The minimum absolute atomic E-state index is 0.0413. The monoisotopic (exact) mass is 429 g/mol. The van der Waals surface area contributed by atoms with E-state index in [9.17, 15) is 14.9 Å². The van der Waals surface area contributed by atoms with E-state index in [-0.39, 0.29) is 23.5 Å². The average molecular weight is 429 g/mol. The van der Waals surface area contributed by atoms with Gasteiger partial charge in [0.2, 0.25) is 0 Å². The molecule has 32 heavy (non-hydrogen) atoms. The van der Waals surface area contributed by atoms with Crippen LogP contribution in [0.1, 0.15) is 16.1 Å². The molecule has 0 bridgehead atoms. The minimum Gasteiger partial charge on any atom is -0.488 e. The highest BCUT2D eigenvalue weighted by molar-refractivity contribution is 5.99. The van der Waals surface area contributed by atoms with Gasteiger partial charge in [-0.25, -0.2) is 9.78 Å². The van der Waals surface area contributed by atoms with Crippen molar-refractivity contribution in [2.24, 2.45) is 0 Å². The SMILES string of the molecule is COC(=O)c1cc(OCc2ccccc2)c2cc(Nc3ccccc3)cc([N+](=O)[O-])c2n1. The Kier molecular flexibility index (Phi) is 5.94. The standard InChI is InChI=1S/C24H19N3O5/c1-31-24(28)20-14-22(32-15-16-8-4-2-5-9-16)19-12-18(25-17-10-6-3-7-11-17)13-21(27(29)30)23(19)26-20/h2-14,25H,15H2,1H3. The number of carbonyl (C=O) groups excluding carboxylic acids is 1. The summed E-state index contributed by atoms with van der Waals surface area (Å²) in [5, 5.41) is 15.4. The second-order valence-electron chi connectivity index (χ2n) is 6.91. The summed E-state index contributed by atoms with van der Waals surface area (Å²) in [6.07, 6.45) is 0. The molecular formula is C24H19N3O5. The van der Waals surface area contributed by atoms with Crippen molar-refractivity contribution in [3.05, 3.63) is 100 Å². The second-order valence-corrected chi connectivity index (χ2v) is 6.91. The molecule has 4 aromatic rings. The molecule has 0 spiro atoms. The fourth-order valence-corrected chi connectivity index (χ4v) is 3.24. The maximum Gasteiger partial charge on any atom is 0.356 e. The number of benzene rings is 3. The van der Waals surface area contributed by atoms with Gasteiger partial charge in [0.25, 0.3) is 5.69 Å². The van der Waals surface area contributed by atoms with Crippen molar-refractivity contribution >= 4 is 33.9 Å². The molecule has 0 aliphatic heterocycles. The lowest BCUT2D eigenvalue weighted by Gasteiger charge is -2.13. The van der Waals surface area contributed by atoms with Crippen LogP contribution in [0.2, 0.25) is 0 Å². The van der Waals surface area contributed by atoms with Gasteiger partial charge in [-0.1, -0.05) is 48.5 Å². The first-order valence-electron chi connectivity index (χ1n) is 9.75. The number of anilines is 2. The van der Waals surface area contributed by atoms with E-state index < -0.39 is 10.9 Å². The maximum absolute atomic E-state index is 12.2. The van der Waals surface area contributed by atoms with Crippen LogP contribution in [0, 0.1) is 10.1 Å². The van der Waals surface area contributed by atoms with Crippen LogP contribution in [0.15, 0.2) is 78.9 Å². The third-order valence-corrected chi connectivity index (χ3v) is 4.75. The Morgan fingerprint density at radius 1 is 1.00 bits per heavy atom. The fourth-order valence-electron chi connectivity index (χ4n) is 3.24. The number of carbonyl (C=O) groups is 1. The quantitative estimate of drug-likeness (QED) is 0.243. The minimum atomic E-state index is -0.711. The maximum atomic E-state index is 12.2. The van der Waals surface area contributed by atoms with Crippen molar-refractivity contribution in [3.8, 4) is 5.75 Å². The van der Waals surface area contributed by atoms with Gasteiger partial charge >= 0.3 is 5.97 Å². The van der Waals surface area contributed by atoms with Crippen LogP contribution in [0.25, 0.3) is 10.9 Å². The number of esters is 1. The molecule has 0 atom stereocenters. The van der Waals surface area contributed by atoms with Gasteiger partial charge in [-0.3, -0.25) is 10.1 Å². The molecule has 0 fully saturated rings. The van der Waals surface area contributed by atoms with E-state index in [1.54, 1.807) is 6.07 Å². The molecule has 1 aromatic heterocycles. The molecule has 0 unspecified atom stereocenters. The fraction of sp³-hybridized carbons (Fsp3) is 0.0833. The van der Waals surface area contributed by atoms with Crippen molar-refractivity contribution in [2.75, 3.05) is 12.4 Å². The first-order valence-corrected chi connectivity index (χ1v) is 9.75. The number of ether oxygens (including phenoxy) is 2. The topological polar surface area (TPSA) is 104 Å². The van der Waals surface area contributed by atoms with Crippen LogP contribution in [0.5, 0.6) is 5.75 Å². The van der Waals surface area contributed by atoms with Gasteiger partial charge < -0.3 is 14.8 Å². The Hall–Kier alpha value is -4.46. The van der Waals surface area contributed by atoms with Crippen LogP contribution in [-0.2, 0) is 11.3 Å². The average Bonchev–Trinajstić information content (AvgIpc) is 2.82. The van der Waals surface area contributed by atoms with Gasteiger partial charge in [0.1, 0.15) is 12.4 Å². The molecule has 1 N–H and O–H groups in total. The smallest absolute Gasteiger partial charge is 0.356 e. The molecular weight excluding hydrogens is 410 g/mol. The summed E-state index contributed by atoms with van der Waals surface area (Å²) in [6.45, 7) is 0.213. The van der Waals surface area contributed by atoms with E-state index in [4.69, 9.17) is 9.47 Å². The van der Waals surface area contributed by atoms with Gasteiger partial charge in [0, 0.05) is 23.5 Å². The van der Waals surface area contributed by atoms with Crippen LogP contribution in [0.4, 0.5) is 17.1 Å². The van der Waals surface area contributed by atoms with Crippen LogP contribution >= 0.6 is 0 Å². The molecule has 0 aliphatic rings. The number of fused-ring (bicyclic) bond motifs is 1. The van der Waals surface area contributed by atoms with Gasteiger partial charge in [-0.2, -0.15) is 0 Å². The number of para-hydroxylation sites is 1. The van der Waals surface area contributed by atoms with Crippen LogP contribution < -0.4 is 10.1 Å². The van der Waals surface area contributed by atoms with Gasteiger partial charge in [-0.15, -0.1) is 0 Å². The molecule has 0 saturated carbocycles. The lowest BCUT2D eigenvalue weighted by Crippen LogP contribution is -2.07. The van der Waals surface area contributed by atoms with Gasteiger partial charge in [0.15, 0.2) is 11.2 Å². The lowest BCUT2D eigenvalue weighted by molar-refractivity contribution is -0.383. The normalized spacial score (nSPS) is 10.5. The highest BCUT2D eigenvalue weighted by atomic mass is 16.6. The molecule has 0 radical (unpaired) electrons. The highest BCUT2D eigenvalue weighted by Gasteiger charge is 2.22. The van der Waals surface area contributed by atoms with E-state index in [2.05, 4.69) is 10.3 Å². The van der Waals surface area contributed by atoms with Crippen molar-refractivity contribution in [3.63, 3.8) is 0 Å². The zero-order valence-corrected chi connectivity index (χ0v) is 17.1. The van der Waals surface area contributed by atoms with E-state index in [0.717, 1.165) is 11.3 Å². The Bertz CT molecular complexity index is 1280. The lowest BCUT2D eigenvalue weighted by atomic mass is 10.1. The predicted octanol–water partition coefficient (Wildman–Crippen LogP) is 5.25. The van der Waals surface area contributed by atoms with E-state index in [1.807, 2.05) is 60.7 Å².